The van der Waals surface area contributed by atoms with Gasteiger partial charge in [-0.2, -0.15) is 0 Å². The van der Waals surface area contributed by atoms with Crippen LogP contribution in [0.1, 0.15) is 10.4 Å². The fourth-order valence-electron chi connectivity index (χ4n) is 3.61. The van der Waals surface area contributed by atoms with Crippen molar-refractivity contribution >= 4 is 11.8 Å². The first-order valence-electron chi connectivity index (χ1n) is 9.18. The Kier molecular flexibility index (Phi) is 4.81. The average Bonchev–Trinajstić information content (AvgIpc) is 2.67. The normalized spacial score (nSPS) is 18.0. The molecule has 1 N–H and O–H groups in total. The first-order chi connectivity index (χ1) is 13.1. The van der Waals surface area contributed by atoms with Crippen LogP contribution in [0.25, 0.3) is 11.1 Å². The standard InChI is InChI=1S/C21H23N3O3/c1-27-19-4-2-3-17(11-19)15-5-7-16(8-6-15)21(26)24-12-18(13-24)23-10-9-22-20(25)14-23/h2-8,11,18H,9-10,12-14H2,1H3,(H,22,25). The van der Waals surface area contributed by atoms with Gasteiger partial charge in [-0.3, -0.25) is 14.5 Å². The summed E-state index contributed by atoms with van der Waals surface area (Å²) in [6.07, 6.45) is 0. The van der Waals surface area contributed by atoms with Crippen molar-refractivity contribution < 1.29 is 14.3 Å². The lowest BCUT2D eigenvalue weighted by Gasteiger charge is -2.46. The lowest BCUT2D eigenvalue weighted by molar-refractivity contribution is -0.126. The molecule has 0 saturated carbocycles. The smallest absolute Gasteiger partial charge is 0.253 e. The summed E-state index contributed by atoms with van der Waals surface area (Å²) in [4.78, 5) is 28.2. The van der Waals surface area contributed by atoms with Crippen LogP contribution in [0.5, 0.6) is 5.75 Å². The second-order valence-electron chi connectivity index (χ2n) is 6.99. The van der Waals surface area contributed by atoms with Crippen LogP contribution in [-0.2, 0) is 4.79 Å². The number of likely N-dealkylation sites (tertiary alicyclic amines) is 1. The van der Waals surface area contributed by atoms with E-state index in [1.54, 1.807) is 7.11 Å². The topological polar surface area (TPSA) is 61.9 Å². The van der Waals surface area contributed by atoms with Gasteiger partial charge in [0.05, 0.1) is 13.7 Å². The number of carbonyl (C=O) groups is 2. The van der Waals surface area contributed by atoms with Gasteiger partial charge in [-0.25, -0.2) is 0 Å². The minimum atomic E-state index is 0.0462. The van der Waals surface area contributed by atoms with Crippen LogP contribution >= 0.6 is 0 Å². The summed E-state index contributed by atoms with van der Waals surface area (Å²) < 4.78 is 5.27. The average molecular weight is 365 g/mol. The van der Waals surface area contributed by atoms with Crippen molar-refractivity contribution in [3.63, 3.8) is 0 Å². The van der Waals surface area contributed by atoms with Gasteiger partial charge in [0.15, 0.2) is 0 Å². The fourth-order valence-corrected chi connectivity index (χ4v) is 3.61. The van der Waals surface area contributed by atoms with Crippen molar-refractivity contribution in [1.82, 2.24) is 15.1 Å². The zero-order valence-electron chi connectivity index (χ0n) is 15.4. The van der Waals surface area contributed by atoms with Crippen molar-refractivity contribution in [3.05, 3.63) is 54.1 Å². The summed E-state index contributed by atoms with van der Waals surface area (Å²) >= 11 is 0. The van der Waals surface area contributed by atoms with E-state index in [-0.39, 0.29) is 17.9 Å². The Hall–Kier alpha value is -2.86. The molecule has 2 aromatic rings. The van der Waals surface area contributed by atoms with Crippen molar-refractivity contribution in [2.45, 2.75) is 6.04 Å². The third-order valence-corrected chi connectivity index (χ3v) is 5.27. The van der Waals surface area contributed by atoms with E-state index in [0.717, 1.165) is 23.4 Å². The molecule has 2 fully saturated rings. The van der Waals surface area contributed by atoms with Gasteiger partial charge in [0, 0.05) is 37.8 Å². The van der Waals surface area contributed by atoms with Crippen LogP contribution in [0.3, 0.4) is 0 Å². The van der Waals surface area contributed by atoms with Gasteiger partial charge in [0.1, 0.15) is 5.75 Å². The Bertz CT molecular complexity index is 844. The molecule has 0 unspecified atom stereocenters. The summed E-state index contributed by atoms with van der Waals surface area (Å²) in [5.41, 5.74) is 2.79. The van der Waals surface area contributed by atoms with Crippen LogP contribution in [0.15, 0.2) is 48.5 Å². The number of carbonyl (C=O) groups excluding carboxylic acids is 2. The number of methoxy groups -OCH3 is 1. The lowest BCUT2D eigenvalue weighted by atomic mass is 10.0. The molecule has 2 aromatic carbocycles. The lowest BCUT2D eigenvalue weighted by Crippen LogP contribution is -2.64. The summed E-state index contributed by atoms with van der Waals surface area (Å²) in [5.74, 6) is 0.926. The van der Waals surface area contributed by atoms with Crippen molar-refractivity contribution in [3.8, 4) is 16.9 Å². The molecule has 6 nitrogen and oxygen atoms in total. The van der Waals surface area contributed by atoms with Crippen molar-refractivity contribution in [2.24, 2.45) is 0 Å². The molecule has 0 bridgehead atoms. The zero-order valence-corrected chi connectivity index (χ0v) is 15.4. The SMILES string of the molecule is COc1cccc(-c2ccc(C(=O)N3CC(N4CCNC(=O)C4)C3)cc2)c1. The maximum atomic E-state index is 12.7. The molecule has 0 aromatic heterocycles. The van der Waals surface area contributed by atoms with Crippen LogP contribution in [0.2, 0.25) is 0 Å². The number of amides is 2. The summed E-state index contributed by atoms with van der Waals surface area (Å²) in [6.45, 7) is 3.35. The largest absolute Gasteiger partial charge is 0.497 e. The van der Waals surface area contributed by atoms with Crippen LogP contribution in [0, 0.1) is 0 Å². The Balaban J connectivity index is 1.38. The molecule has 27 heavy (non-hydrogen) atoms. The number of nitrogens with zero attached hydrogens (tertiary/aromatic N) is 2. The molecular weight excluding hydrogens is 342 g/mol. The number of hydrogen-bond acceptors (Lipinski definition) is 4. The van der Waals surface area contributed by atoms with Gasteiger partial charge in [-0.15, -0.1) is 0 Å². The van der Waals surface area contributed by atoms with E-state index in [2.05, 4.69) is 10.2 Å². The number of ether oxygens (including phenoxy) is 1. The highest BCUT2D eigenvalue weighted by molar-refractivity contribution is 5.95. The number of hydrogen-bond donors (Lipinski definition) is 1. The minimum Gasteiger partial charge on any atom is -0.497 e. The van der Waals surface area contributed by atoms with Gasteiger partial charge in [0.2, 0.25) is 5.91 Å². The molecule has 4 rings (SSSR count). The molecule has 0 spiro atoms. The molecule has 0 atom stereocenters. The van der Waals surface area contributed by atoms with E-state index >= 15 is 0 Å². The highest BCUT2D eigenvalue weighted by atomic mass is 16.5. The number of rotatable bonds is 4. The Morgan fingerprint density at radius 1 is 1.11 bits per heavy atom. The van der Waals surface area contributed by atoms with E-state index < -0.39 is 0 Å². The molecule has 2 saturated heterocycles. The van der Waals surface area contributed by atoms with E-state index in [1.807, 2.05) is 53.4 Å². The number of piperazine rings is 1. The van der Waals surface area contributed by atoms with Crippen LogP contribution < -0.4 is 10.1 Å². The molecule has 0 aliphatic carbocycles. The van der Waals surface area contributed by atoms with Crippen molar-refractivity contribution in [1.29, 1.82) is 0 Å². The van der Waals surface area contributed by atoms with E-state index in [4.69, 9.17) is 4.74 Å². The third-order valence-electron chi connectivity index (χ3n) is 5.27. The predicted octanol–water partition coefficient (Wildman–Crippen LogP) is 1.62. The summed E-state index contributed by atoms with van der Waals surface area (Å²) in [7, 11) is 1.65. The molecule has 2 heterocycles. The number of benzene rings is 2. The van der Waals surface area contributed by atoms with Crippen LogP contribution in [0.4, 0.5) is 0 Å². The van der Waals surface area contributed by atoms with Gasteiger partial charge >= 0.3 is 0 Å². The highest BCUT2D eigenvalue weighted by Gasteiger charge is 2.36. The predicted molar refractivity (Wildman–Crippen MR) is 103 cm³/mol. The summed E-state index contributed by atoms with van der Waals surface area (Å²) in [5, 5.41) is 2.83. The molecule has 0 radical (unpaired) electrons. The number of nitrogens with one attached hydrogen (secondary N) is 1. The Morgan fingerprint density at radius 2 is 1.89 bits per heavy atom. The second-order valence-corrected chi connectivity index (χ2v) is 6.99. The molecule has 2 aliphatic heterocycles. The quantitative estimate of drug-likeness (QED) is 0.894. The highest BCUT2D eigenvalue weighted by Crippen LogP contribution is 2.25. The monoisotopic (exact) mass is 365 g/mol. The van der Waals surface area contributed by atoms with Gasteiger partial charge in [0.25, 0.3) is 5.91 Å². The maximum absolute atomic E-state index is 12.7. The molecule has 2 amide bonds. The molecular formula is C21H23N3O3. The third kappa shape index (κ3) is 3.66. The Morgan fingerprint density at radius 3 is 2.59 bits per heavy atom. The van der Waals surface area contributed by atoms with Crippen LogP contribution in [-0.4, -0.2) is 67.5 Å². The zero-order chi connectivity index (χ0) is 18.8. The van der Waals surface area contributed by atoms with E-state index in [0.29, 0.717) is 31.7 Å². The minimum absolute atomic E-state index is 0.0462. The van der Waals surface area contributed by atoms with Gasteiger partial charge in [-0.05, 0) is 35.4 Å². The Labute approximate surface area is 158 Å². The van der Waals surface area contributed by atoms with E-state index in [9.17, 15) is 9.59 Å². The van der Waals surface area contributed by atoms with Gasteiger partial charge < -0.3 is 15.0 Å². The first-order valence-corrected chi connectivity index (χ1v) is 9.18. The second kappa shape index (κ2) is 7.40. The maximum Gasteiger partial charge on any atom is 0.253 e. The van der Waals surface area contributed by atoms with Crippen molar-refractivity contribution in [2.75, 3.05) is 39.8 Å². The van der Waals surface area contributed by atoms with Gasteiger partial charge in [-0.1, -0.05) is 24.3 Å². The molecule has 2 aliphatic rings. The molecule has 6 heteroatoms. The fraction of sp³-hybridized carbons (Fsp3) is 0.333. The first kappa shape index (κ1) is 17.5. The molecule has 140 valence electrons. The van der Waals surface area contributed by atoms with E-state index in [1.165, 1.54) is 0 Å². The summed E-state index contributed by atoms with van der Waals surface area (Å²) in [6, 6.07) is 15.8.